The van der Waals surface area contributed by atoms with Crippen LogP contribution in [0.2, 0.25) is 0 Å². The van der Waals surface area contributed by atoms with Crippen LogP contribution in [-0.2, 0) is 13.2 Å². The van der Waals surface area contributed by atoms with E-state index in [1.807, 2.05) is 42.1 Å². The molecule has 0 radical (unpaired) electrons. The zero-order valence-corrected chi connectivity index (χ0v) is 13.2. The van der Waals surface area contributed by atoms with E-state index in [0.29, 0.717) is 0 Å². The predicted octanol–water partition coefficient (Wildman–Crippen LogP) is 3.96. The van der Waals surface area contributed by atoms with Crippen LogP contribution in [0.1, 0.15) is 21.5 Å². The molecule has 0 saturated carbocycles. The average Bonchev–Trinajstić information content (AvgIpc) is 2.91. The molecule has 0 fully saturated rings. The molecule has 1 aromatic heterocycles. The van der Waals surface area contributed by atoms with Crippen molar-refractivity contribution in [2.24, 2.45) is 12.1 Å². The Morgan fingerprint density at radius 3 is 2.68 bits per heavy atom. The summed E-state index contributed by atoms with van der Waals surface area (Å²) in [5.74, 6) is -0.706. The molecule has 0 bridgehead atoms. The van der Waals surface area contributed by atoms with E-state index in [2.05, 4.69) is 10.5 Å². The Balaban J connectivity index is 1.77. The summed E-state index contributed by atoms with van der Waals surface area (Å²) in [7, 11) is 1.89. The van der Waals surface area contributed by atoms with E-state index in [1.54, 1.807) is 0 Å². The summed E-state index contributed by atoms with van der Waals surface area (Å²) >= 11 is 0. The second-order valence-corrected chi connectivity index (χ2v) is 5.49. The number of carbonyl (C=O) groups is 1. The van der Waals surface area contributed by atoms with Gasteiger partial charge in [-0.2, -0.15) is 18.3 Å². The molecule has 0 atom stereocenters. The van der Waals surface area contributed by atoms with Crippen LogP contribution >= 0.6 is 0 Å². The van der Waals surface area contributed by atoms with Gasteiger partial charge in [-0.15, -0.1) is 0 Å². The molecule has 0 saturated heterocycles. The van der Waals surface area contributed by atoms with E-state index in [1.165, 1.54) is 18.3 Å². The normalized spacial score (nSPS) is 12.0. The Morgan fingerprint density at radius 1 is 1.16 bits per heavy atom. The van der Waals surface area contributed by atoms with Gasteiger partial charge in [-0.05, 0) is 24.3 Å². The number of alkyl halides is 3. The molecule has 7 heteroatoms. The molecule has 0 unspecified atom stereocenters. The fraction of sp³-hybridized carbons (Fsp3) is 0.111. The van der Waals surface area contributed by atoms with Crippen LogP contribution in [0.5, 0.6) is 0 Å². The molecule has 0 aliphatic heterocycles. The lowest BCUT2D eigenvalue weighted by atomic mass is 10.1. The number of aryl methyl sites for hydroxylation is 1. The first kappa shape index (κ1) is 16.8. The van der Waals surface area contributed by atoms with Gasteiger partial charge < -0.3 is 4.57 Å². The lowest BCUT2D eigenvalue weighted by molar-refractivity contribution is -0.137. The number of hydrogen-bond acceptors (Lipinski definition) is 2. The number of halogens is 3. The number of rotatable bonds is 3. The number of aromatic nitrogens is 1. The van der Waals surface area contributed by atoms with E-state index in [0.717, 1.165) is 28.6 Å². The van der Waals surface area contributed by atoms with E-state index >= 15 is 0 Å². The Labute approximate surface area is 141 Å². The van der Waals surface area contributed by atoms with Crippen molar-refractivity contribution in [2.45, 2.75) is 6.18 Å². The highest BCUT2D eigenvalue weighted by atomic mass is 19.4. The zero-order chi connectivity index (χ0) is 18.0. The van der Waals surface area contributed by atoms with Crippen molar-refractivity contribution >= 4 is 23.0 Å². The summed E-state index contributed by atoms with van der Waals surface area (Å²) in [5.41, 5.74) is 3.07. The molecular weight excluding hydrogens is 331 g/mol. The van der Waals surface area contributed by atoms with Gasteiger partial charge in [0.1, 0.15) is 0 Å². The number of nitrogens with zero attached hydrogens (tertiary/aromatic N) is 2. The van der Waals surface area contributed by atoms with Gasteiger partial charge in [-0.3, -0.25) is 4.79 Å². The molecule has 128 valence electrons. The fourth-order valence-electron chi connectivity index (χ4n) is 2.54. The molecule has 0 aliphatic carbocycles. The summed E-state index contributed by atoms with van der Waals surface area (Å²) < 4.78 is 40.0. The molecule has 4 nitrogen and oxygen atoms in total. The van der Waals surface area contributed by atoms with Crippen molar-refractivity contribution in [2.75, 3.05) is 0 Å². The largest absolute Gasteiger partial charge is 0.416 e. The lowest BCUT2D eigenvalue weighted by Gasteiger charge is -2.07. The Bertz CT molecular complexity index is 958. The van der Waals surface area contributed by atoms with Crippen molar-refractivity contribution in [3.8, 4) is 0 Å². The average molecular weight is 345 g/mol. The number of benzene rings is 2. The van der Waals surface area contributed by atoms with Crippen molar-refractivity contribution in [3.05, 3.63) is 71.4 Å². The van der Waals surface area contributed by atoms with E-state index in [4.69, 9.17) is 0 Å². The number of nitrogens with one attached hydrogen (secondary N) is 1. The predicted molar refractivity (Wildman–Crippen MR) is 89.4 cm³/mol. The topological polar surface area (TPSA) is 46.4 Å². The third kappa shape index (κ3) is 3.55. The van der Waals surface area contributed by atoms with Crippen molar-refractivity contribution in [1.29, 1.82) is 0 Å². The van der Waals surface area contributed by atoms with Crippen LogP contribution in [0.25, 0.3) is 10.9 Å². The maximum Gasteiger partial charge on any atom is 0.416 e. The molecule has 2 aromatic carbocycles. The summed E-state index contributed by atoms with van der Waals surface area (Å²) in [4.78, 5) is 12.0. The number of para-hydroxylation sites is 1. The molecular formula is C18H14F3N3O. The van der Waals surface area contributed by atoms with Crippen molar-refractivity contribution < 1.29 is 18.0 Å². The van der Waals surface area contributed by atoms with Gasteiger partial charge in [0.15, 0.2) is 0 Å². The summed E-state index contributed by atoms with van der Waals surface area (Å²) in [6, 6.07) is 11.9. The van der Waals surface area contributed by atoms with Crippen LogP contribution < -0.4 is 5.43 Å². The standard InChI is InChI=1S/C18H14F3N3O/c1-24-11-13(15-7-2-3-8-16(15)24)10-22-23-17(25)12-5-4-6-14(9-12)18(19,20)21/h2-11H,1H3,(H,23,25)/b22-10-. The number of carbonyl (C=O) groups excluding carboxylic acids is 1. The molecule has 0 spiro atoms. The van der Waals surface area contributed by atoms with Gasteiger partial charge in [0.2, 0.25) is 0 Å². The van der Waals surface area contributed by atoms with Crippen LogP contribution in [0.4, 0.5) is 13.2 Å². The minimum Gasteiger partial charge on any atom is -0.350 e. The third-order valence-electron chi connectivity index (χ3n) is 3.75. The lowest BCUT2D eigenvalue weighted by Crippen LogP contribution is -2.18. The van der Waals surface area contributed by atoms with Gasteiger partial charge in [0, 0.05) is 35.3 Å². The molecule has 0 aliphatic rings. The molecule has 3 rings (SSSR count). The molecule has 3 aromatic rings. The smallest absolute Gasteiger partial charge is 0.350 e. The van der Waals surface area contributed by atoms with Crippen molar-refractivity contribution in [3.63, 3.8) is 0 Å². The van der Waals surface area contributed by atoms with Crippen molar-refractivity contribution in [1.82, 2.24) is 9.99 Å². The van der Waals surface area contributed by atoms with Gasteiger partial charge in [0.25, 0.3) is 5.91 Å². The Hall–Kier alpha value is -3.09. The quantitative estimate of drug-likeness (QED) is 0.567. The Morgan fingerprint density at radius 2 is 1.92 bits per heavy atom. The first-order valence-electron chi connectivity index (χ1n) is 7.41. The highest BCUT2D eigenvalue weighted by molar-refractivity contribution is 6.00. The maximum atomic E-state index is 12.7. The number of fused-ring (bicyclic) bond motifs is 1. The van der Waals surface area contributed by atoms with Gasteiger partial charge in [0.05, 0.1) is 11.8 Å². The fourth-order valence-corrected chi connectivity index (χ4v) is 2.54. The first-order valence-corrected chi connectivity index (χ1v) is 7.41. The van der Waals surface area contributed by atoms with E-state index < -0.39 is 17.6 Å². The summed E-state index contributed by atoms with van der Waals surface area (Å²) in [5, 5.41) is 4.81. The molecule has 1 heterocycles. The van der Waals surface area contributed by atoms with Crippen LogP contribution in [0.15, 0.2) is 59.8 Å². The van der Waals surface area contributed by atoms with Gasteiger partial charge >= 0.3 is 6.18 Å². The highest BCUT2D eigenvalue weighted by Gasteiger charge is 2.30. The number of hydrogen-bond donors (Lipinski definition) is 1. The van der Waals surface area contributed by atoms with Crippen LogP contribution in [0.3, 0.4) is 0 Å². The second-order valence-electron chi connectivity index (χ2n) is 5.49. The number of amides is 1. The summed E-state index contributed by atoms with van der Waals surface area (Å²) in [6.07, 6.45) is -1.18. The van der Waals surface area contributed by atoms with Crippen LogP contribution in [-0.4, -0.2) is 16.7 Å². The second kappa shape index (κ2) is 6.43. The van der Waals surface area contributed by atoms with Gasteiger partial charge in [-0.1, -0.05) is 24.3 Å². The van der Waals surface area contributed by atoms with Crippen LogP contribution in [0, 0.1) is 0 Å². The molecule has 25 heavy (non-hydrogen) atoms. The first-order chi connectivity index (χ1) is 11.9. The minimum absolute atomic E-state index is 0.107. The highest BCUT2D eigenvalue weighted by Crippen LogP contribution is 2.29. The van der Waals surface area contributed by atoms with Gasteiger partial charge in [-0.25, -0.2) is 5.43 Å². The SMILES string of the molecule is Cn1cc(/C=N\NC(=O)c2cccc(C(F)(F)F)c2)c2ccccc21. The number of hydrazone groups is 1. The molecule has 1 amide bonds. The Kier molecular flexibility index (Phi) is 4.31. The summed E-state index contributed by atoms with van der Waals surface area (Å²) in [6.45, 7) is 0. The molecule has 1 N–H and O–H groups in total. The maximum absolute atomic E-state index is 12.7. The minimum atomic E-state index is -4.50. The van der Waals surface area contributed by atoms with E-state index in [9.17, 15) is 18.0 Å². The monoisotopic (exact) mass is 345 g/mol. The zero-order valence-electron chi connectivity index (χ0n) is 13.2. The van der Waals surface area contributed by atoms with E-state index in [-0.39, 0.29) is 5.56 Å². The third-order valence-corrected chi connectivity index (χ3v) is 3.75.